The summed E-state index contributed by atoms with van der Waals surface area (Å²) in [5, 5.41) is 8.51. The van der Waals surface area contributed by atoms with Crippen LogP contribution in [0.4, 0.5) is 0 Å². The number of benzene rings is 1. The van der Waals surface area contributed by atoms with Crippen molar-refractivity contribution in [1.29, 1.82) is 0 Å². The van der Waals surface area contributed by atoms with Gasteiger partial charge in [-0.25, -0.2) is 4.79 Å². The molecule has 1 fully saturated rings. The third kappa shape index (κ3) is 5.21. The number of ether oxygens (including phenoxy) is 1. The summed E-state index contributed by atoms with van der Waals surface area (Å²) in [5.41, 5.74) is 0.269. The molecule has 1 aliphatic heterocycles. The van der Waals surface area contributed by atoms with E-state index in [4.69, 9.17) is 9.84 Å². The van der Waals surface area contributed by atoms with Crippen LogP contribution in [-0.4, -0.2) is 42.2 Å². The average molecular weight is 279 g/mol. The standard InChI is InChI=1S/C8H17N.C8H8O3/c1-3-8(2)9-6-4-5-7-9;1-11-7-4-2-6(3-5-7)8(9)10/h8H,3-7H2,1-2H3;2-5H,1H3,(H,9,10). The van der Waals surface area contributed by atoms with Crippen molar-refractivity contribution in [1.82, 2.24) is 4.90 Å². The Hall–Kier alpha value is -1.55. The highest BCUT2D eigenvalue weighted by atomic mass is 16.5. The highest BCUT2D eigenvalue weighted by Crippen LogP contribution is 2.12. The molecule has 1 aromatic rings. The van der Waals surface area contributed by atoms with Gasteiger partial charge in [0.2, 0.25) is 0 Å². The lowest BCUT2D eigenvalue weighted by atomic mass is 10.2. The molecule has 2 rings (SSSR count). The maximum atomic E-state index is 10.4. The minimum atomic E-state index is -0.923. The minimum Gasteiger partial charge on any atom is -0.497 e. The van der Waals surface area contributed by atoms with Gasteiger partial charge < -0.3 is 14.7 Å². The number of carboxylic acids is 1. The van der Waals surface area contributed by atoms with E-state index in [0.29, 0.717) is 5.75 Å². The quantitative estimate of drug-likeness (QED) is 0.919. The van der Waals surface area contributed by atoms with E-state index in [1.807, 2.05) is 0 Å². The number of aromatic carboxylic acids is 1. The van der Waals surface area contributed by atoms with Crippen molar-refractivity contribution in [2.45, 2.75) is 39.2 Å². The highest BCUT2D eigenvalue weighted by Gasteiger charge is 2.15. The van der Waals surface area contributed by atoms with Gasteiger partial charge in [-0.05, 0) is 63.5 Å². The van der Waals surface area contributed by atoms with E-state index in [2.05, 4.69) is 18.7 Å². The normalized spacial score (nSPS) is 16.1. The molecule has 1 atom stereocenters. The third-order valence-electron chi connectivity index (χ3n) is 3.69. The molecule has 1 N–H and O–H groups in total. The van der Waals surface area contributed by atoms with Gasteiger partial charge in [0.05, 0.1) is 12.7 Å². The average Bonchev–Trinajstić information content (AvgIpc) is 3.01. The van der Waals surface area contributed by atoms with E-state index >= 15 is 0 Å². The summed E-state index contributed by atoms with van der Waals surface area (Å²) in [5.74, 6) is -0.261. The van der Waals surface area contributed by atoms with E-state index in [1.165, 1.54) is 51.6 Å². The first-order valence-electron chi connectivity index (χ1n) is 7.19. The minimum absolute atomic E-state index is 0.269. The van der Waals surface area contributed by atoms with Gasteiger partial charge in [0.15, 0.2) is 0 Å². The maximum Gasteiger partial charge on any atom is 0.335 e. The van der Waals surface area contributed by atoms with Crippen LogP contribution in [0.2, 0.25) is 0 Å². The first kappa shape index (κ1) is 16.5. The second-order valence-electron chi connectivity index (χ2n) is 5.03. The number of nitrogens with zero attached hydrogens (tertiary/aromatic N) is 1. The fourth-order valence-electron chi connectivity index (χ4n) is 2.17. The van der Waals surface area contributed by atoms with Gasteiger partial charge in [-0.2, -0.15) is 0 Å². The number of methoxy groups -OCH3 is 1. The van der Waals surface area contributed by atoms with Gasteiger partial charge in [0.25, 0.3) is 0 Å². The SMILES string of the molecule is CCC(C)N1CCCC1.COc1ccc(C(=O)O)cc1. The number of carboxylic acid groups (broad SMARTS) is 1. The number of hydrogen-bond donors (Lipinski definition) is 1. The zero-order valence-electron chi connectivity index (χ0n) is 12.6. The van der Waals surface area contributed by atoms with Gasteiger partial charge in [0, 0.05) is 6.04 Å². The fourth-order valence-corrected chi connectivity index (χ4v) is 2.17. The van der Waals surface area contributed by atoms with Gasteiger partial charge in [-0.3, -0.25) is 0 Å². The summed E-state index contributed by atoms with van der Waals surface area (Å²) in [6.07, 6.45) is 4.15. The molecule has 4 heteroatoms. The Morgan fingerprint density at radius 2 is 1.85 bits per heavy atom. The summed E-state index contributed by atoms with van der Waals surface area (Å²) in [6.45, 7) is 7.28. The lowest BCUT2D eigenvalue weighted by molar-refractivity contribution is 0.0697. The lowest BCUT2D eigenvalue weighted by Crippen LogP contribution is -2.29. The van der Waals surface area contributed by atoms with E-state index in [-0.39, 0.29) is 5.56 Å². The zero-order chi connectivity index (χ0) is 15.0. The number of rotatable bonds is 4. The van der Waals surface area contributed by atoms with Gasteiger partial charge >= 0.3 is 5.97 Å². The van der Waals surface area contributed by atoms with Crippen molar-refractivity contribution in [2.24, 2.45) is 0 Å². The van der Waals surface area contributed by atoms with Crippen LogP contribution in [-0.2, 0) is 0 Å². The molecule has 0 bridgehead atoms. The van der Waals surface area contributed by atoms with Crippen LogP contribution in [0.15, 0.2) is 24.3 Å². The smallest absolute Gasteiger partial charge is 0.335 e. The molecule has 0 aromatic heterocycles. The lowest BCUT2D eigenvalue weighted by Gasteiger charge is -2.21. The van der Waals surface area contributed by atoms with Crippen LogP contribution in [0.3, 0.4) is 0 Å². The van der Waals surface area contributed by atoms with Gasteiger partial charge in [-0.15, -0.1) is 0 Å². The topological polar surface area (TPSA) is 49.8 Å². The monoisotopic (exact) mass is 279 g/mol. The molecule has 1 saturated heterocycles. The molecule has 20 heavy (non-hydrogen) atoms. The highest BCUT2D eigenvalue weighted by molar-refractivity contribution is 5.87. The summed E-state index contributed by atoms with van der Waals surface area (Å²) in [4.78, 5) is 12.9. The van der Waals surface area contributed by atoms with Gasteiger partial charge in [0.1, 0.15) is 5.75 Å². The predicted octanol–water partition coefficient (Wildman–Crippen LogP) is 3.27. The van der Waals surface area contributed by atoms with Crippen LogP contribution in [0.1, 0.15) is 43.5 Å². The molecule has 1 heterocycles. The van der Waals surface area contributed by atoms with Crippen LogP contribution in [0.5, 0.6) is 5.75 Å². The van der Waals surface area contributed by atoms with Crippen molar-refractivity contribution in [3.8, 4) is 5.75 Å². The molecule has 0 radical (unpaired) electrons. The molecule has 1 unspecified atom stereocenters. The zero-order valence-corrected chi connectivity index (χ0v) is 12.6. The molecular formula is C16H25NO3. The summed E-state index contributed by atoms with van der Waals surface area (Å²) in [6, 6.07) is 7.06. The Kier molecular flexibility index (Phi) is 7.09. The predicted molar refractivity (Wildman–Crippen MR) is 80.5 cm³/mol. The Morgan fingerprint density at radius 1 is 1.30 bits per heavy atom. The van der Waals surface area contributed by atoms with E-state index in [0.717, 1.165) is 6.04 Å². The van der Waals surface area contributed by atoms with Crippen molar-refractivity contribution in [3.63, 3.8) is 0 Å². The van der Waals surface area contributed by atoms with E-state index in [9.17, 15) is 4.79 Å². The van der Waals surface area contributed by atoms with Crippen molar-refractivity contribution >= 4 is 5.97 Å². The Bertz CT molecular complexity index is 397. The summed E-state index contributed by atoms with van der Waals surface area (Å²) < 4.78 is 4.86. The Morgan fingerprint density at radius 3 is 2.25 bits per heavy atom. The second kappa shape index (κ2) is 8.59. The molecule has 0 amide bonds. The van der Waals surface area contributed by atoms with Crippen LogP contribution >= 0.6 is 0 Å². The van der Waals surface area contributed by atoms with Crippen molar-refractivity contribution < 1.29 is 14.6 Å². The molecule has 1 aliphatic rings. The number of hydrogen-bond acceptors (Lipinski definition) is 3. The Balaban J connectivity index is 0.000000204. The van der Waals surface area contributed by atoms with Gasteiger partial charge in [-0.1, -0.05) is 6.92 Å². The second-order valence-corrected chi connectivity index (χ2v) is 5.03. The molecule has 112 valence electrons. The molecule has 4 nitrogen and oxygen atoms in total. The Labute approximate surface area is 121 Å². The molecule has 1 aromatic carbocycles. The van der Waals surface area contributed by atoms with Crippen LogP contribution in [0.25, 0.3) is 0 Å². The fraction of sp³-hybridized carbons (Fsp3) is 0.562. The van der Waals surface area contributed by atoms with Crippen LogP contribution in [0, 0.1) is 0 Å². The van der Waals surface area contributed by atoms with Crippen molar-refractivity contribution in [2.75, 3.05) is 20.2 Å². The van der Waals surface area contributed by atoms with Crippen molar-refractivity contribution in [3.05, 3.63) is 29.8 Å². The first-order chi connectivity index (χ1) is 9.58. The van der Waals surface area contributed by atoms with Crippen LogP contribution < -0.4 is 4.74 Å². The molecule has 0 spiro atoms. The molecule has 0 aliphatic carbocycles. The summed E-state index contributed by atoms with van der Waals surface area (Å²) >= 11 is 0. The molecule has 0 saturated carbocycles. The maximum absolute atomic E-state index is 10.4. The van der Waals surface area contributed by atoms with E-state index in [1.54, 1.807) is 12.1 Å². The van der Waals surface area contributed by atoms with E-state index < -0.39 is 5.97 Å². The third-order valence-corrected chi connectivity index (χ3v) is 3.69. The number of carbonyl (C=O) groups is 1. The largest absolute Gasteiger partial charge is 0.497 e. The first-order valence-corrected chi connectivity index (χ1v) is 7.19. The number of likely N-dealkylation sites (tertiary alicyclic amines) is 1. The summed E-state index contributed by atoms with van der Waals surface area (Å²) in [7, 11) is 1.54. The molecular weight excluding hydrogens is 254 g/mol.